The van der Waals surface area contributed by atoms with Crippen molar-refractivity contribution in [3.63, 3.8) is 0 Å². The van der Waals surface area contributed by atoms with Crippen molar-refractivity contribution in [2.75, 3.05) is 5.32 Å². The minimum Gasteiger partial charge on any atom is -0.367 e. The van der Waals surface area contributed by atoms with Gasteiger partial charge >= 0.3 is 0 Å². The molecule has 1 aliphatic rings. The van der Waals surface area contributed by atoms with Crippen molar-refractivity contribution in [3.8, 4) is 17.2 Å². The standard InChI is InChI=1S/C23H20FN5/c24-17-9-14(12-25)8-16(10-17)15-6-7-20-19(11-15)21-22(26-13-27-23(21)29-20)28-18-4-2-1-3-5-18/h6-11,13,18H,1-5H2,(H2,26,27,28,29). The van der Waals surface area contributed by atoms with E-state index in [0.717, 1.165) is 46.2 Å². The highest BCUT2D eigenvalue weighted by Gasteiger charge is 2.17. The lowest BCUT2D eigenvalue weighted by Crippen LogP contribution is -2.22. The Morgan fingerprint density at radius 2 is 1.90 bits per heavy atom. The molecule has 0 radical (unpaired) electrons. The van der Waals surface area contributed by atoms with Gasteiger partial charge in [-0.05, 0) is 54.3 Å². The molecule has 0 unspecified atom stereocenters. The molecular weight excluding hydrogens is 365 g/mol. The van der Waals surface area contributed by atoms with Crippen LogP contribution in [0.25, 0.3) is 33.1 Å². The largest absolute Gasteiger partial charge is 0.367 e. The van der Waals surface area contributed by atoms with Crippen LogP contribution in [0.5, 0.6) is 0 Å². The summed E-state index contributed by atoms with van der Waals surface area (Å²) in [7, 11) is 0. The van der Waals surface area contributed by atoms with Gasteiger partial charge in [-0.3, -0.25) is 0 Å². The molecule has 1 fully saturated rings. The molecule has 0 amide bonds. The summed E-state index contributed by atoms with van der Waals surface area (Å²) in [5.74, 6) is 0.420. The molecule has 0 atom stereocenters. The molecule has 1 saturated carbocycles. The van der Waals surface area contributed by atoms with Crippen LogP contribution in [0.3, 0.4) is 0 Å². The van der Waals surface area contributed by atoms with E-state index in [1.54, 1.807) is 12.4 Å². The zero-order valence-corrected chi connectivity index (χ0v) is 15.9. The lowest BCUT2D eigenvalue weighted by atomic mass is 9.95. The third kappa shape index (κ3) is 3.29. The fraction of sp³-hybridized carbons (Fsp3) is 0.261. The Morgan fingerprint density at radius 1 is 1.03 bits per heavy atom. The predicted molar refractivity (Wildman–Crippen MR) is 112 cm³/mol. The summed E-state index contributed by atoms with van der Waals surface area (Å²) in [4.78, 5) is 12.3. The van der Waals surface area contributed by atoms with Gasteiger partial charge in [0, 0.05) is 16.9 Å². The van der Waals surface area contributed by atoms with Gasteiger partial charge in [0.25, 0.3) is 0 Å². The first-order chi connectivity index (χ1) is 14.2. The van der Waals surface area contributed by atoms with E-state index in [0.29, 0.717) is 17.2 Å². The molecule has 5 nitrogen and oxygen atoms in total. The molecule has 2 aromatic carbocycles. The average Bonchev–Trinajstić information content (AvgIpc) is 3.13. The maximum atomic E-state index is 13.9. The van der Waals surface area contributed by atoms with E-state index in [2.05, 4.69) is 20.3 Å². The third-order valence-corrected chi connectivity index (χ3v) is 5.70. The Morgan fingerprint density at radius 3 is 2.72 bits per heavy atom. The Kier molecular flexibility index (Phi) is 4.36. The molecule has 144 valence electrons. The number of rotatable bonds is 3. The van der Waals surface area contributed by atoms with Crippen LogP contribution in [-0.2, 0) is 0 Å². The summed E-state index contributed by atoms with van der Waals surface area (Å²) in [5.41, 5.74) is 3.57. The van der Waals surface area contributed by atoms with Crippen molar-refractivity contribution in [3.05, 3.63) is 54.1 Å². The molecule has 0 aliphatic heterocycles. The third-order valence-electron chi connectivity index (χ3n) is 5.70. The summed E-state index contributed by atoms with van der Waals surface area (Å²) < 4.78 is 13.9. The van der Waals surface area contributed by atoms with E-state index in [1.807, 2.05) is 24.3 Å². The zero-order valence-electron chi connectivity index (χ0n) is 15.9. The number of nitrogens with one attached hydrogen (secondary N) is 2. The maximum Gasteiger partial charge on any atom is 0.143 e. The lowest BCUT2D eigenvalue weighted by Gasteiger charge is -2.23. The van der Waals surface area contributed by atoms with Crippen LogP contribution < -0.4 is 5.32 Å². The molecular formula is C23H20FN5. The fourth-order valence-corrected chi connectivity index (χ4v) is 4.27. The number of nitriles is 1. The first kappa shape index (κ1) is 17.6. The highest BCUT2D eigenvalue weighted by Crippen LogP contribution is 2.34. The second-order valence-electron chi connectivity index (χ2n) is 7.65. The van der Waals surface area contributed by atoms with Crippen LogP contribution in [0.1, 0.15) is 37.7 Å². The summed E-state index contributed by atoms with van der Waals surface area (Å²) in [6.45, 7) is 0. The van der Waals surface area contributed by atoms with Crippen molar-refractivity contribution in [2.45, 2.75) is 38.1 Å². The van der Waals surface area contributed by atoms with Crippen molar-refractivity contribution in [2.24, 2.45) is 0 Å². The highest BCUT2D eigenvalue weighted by atomic mass is 19.1. The number of hydrogen-bond donors (Lipinski definition) is 2. The van der Waals surface area contributed by atoms with Gasteiger partial charge in [-0.15, -0.1) is 0 Å². The molecule has 2 N–H and O–H groups in total. The van der Waals surface area contributed by atoms with Crippen LogP contribution in [-0.4, -0.2) is 21.0 Å². The van der Waals surface area contributed by atoms with Gasteiger partial charge in [-0.2, -0.15) is 5.26 Å². The van der Waals surface area contributed by atoms with E-state index < -0.39 is 5.82 Å². The average molecular weight is 385 g/mol. The molecule has 2 aromatic heterocycles. The normalized spacial score (nSPS) is 14.9. The van der Waals surface area contributed by atoms with Gasteiger partial charge in [-0.1, -0.05) is 25.3 Å². The Labute approximate surface area is 167 Å². The monoisotopic (exact) mass is 385 g/mol. The van der Waals surface area contributed by atoms with Crippen LogP contribution in [0, 0.1) is 17.1 Å². The number of hydrogen-bond acceptors (Lipinski definition) is 4. The van der Waals surface area contributed by atoms with E-state index in [4.69, 9.17) is 5.26 Å². The smallest absolute Gasteiger partial charge is 0.143 e. The van der Waals surface area contributed by atoms with Crippen LogP contribution in [0.15, 0.2) is 42.7 Å². The Hall–Kier alpha value is -3.46. The lowest BCUT2D eigenvalue weighted by molar-refractivity contribution is 0.462. The van der Waals surface area contributed by atoms with Gasteiger partial charge < -0.3 is 10.3 Å². The summed E-state index contributed by atoms with van der Waals surface area (Å²) in [5, 5.41) is 14.7. The highest BCUT2D eigenvalue weighted by molar-refractivity contribution is 6.12. The summed E-state index contributed by atoms with van der Waals surface area (Å²) in [6, 6.07) is 12.8. The zero-order chi connectivity index (χ0) is 19.8. The molecule has 0 spiro atoms. The van der Waals surface area contributed by atoms with Gasteiger partial charge in [0.1, 0.15) is 23.6 Å². The number of fused-ring (bicyclic) bond motifs is 3. The number of benzene rings is 2. The molecule has 4 aromatic rings. The number of aromatic amines is 1. The van der Waals surface area contributed by atoms with Gasteiger partial charge in [-0.25, -0.2) is 14.4 Å². The van der Waals surface area contributed by atoms with Gasteiger partial charge in [0.15, 0.2) is 0 Å². The number of H-pyrrole nitrogens is 1. The first-order valence-electron chi connectivity index (χ1n) is 9.95. The molecule has 5 rings (SSSR count). The molecule has 6 heteroatoms. The maximum absolute atomic E-state index is 13.9. The second kappa shape index (κ2) is 7.17. The summed E-state index contributed by atoms with van der Waals surface area (Å²) >= 11 is 0. The van der Waals surface area contributed by atoms with Crippen LogP contribution in [0.4, 0.5) is 10.2 Å². The minimum atomic E-state index is -0.416. The molecule has 0 bridgehead atoms. The van der Waals surface area contributed by atoms with Crippen molar-refractivity contribution in [1.82, 2.24) is 15.0 Å². The van der Waals surface area contributed by atoms with E-state index in [9.17, 15) is 4.39 Å². The van der Waals surface area contributed by atoms with Crippen molar-refractivity contribution < 1.29 is 4.39 Å². The molecule has 0 saturated heterocycles. The van der Waals surface area contributed by atoms with Crippen LogP contribution in [0.2, 0.25) is 0 Å². The van der Waals surface area contributed by atoms with Crippen LogP contribution >= 0.6 is 0 Å². The van der Waals surface area contributed by atoms with Crippen molar-refractivity contribution in [1.29, 1.82) is 5.26 Å². The van der Waals surface area contributed by atoms with Gasteiger partial charge in [0.05, 0.1) is 17.0 Å². The first-order valence-corrected chi connectivity index (χ1v) is 9.95. The SMILES string of the molecule is N#Cc1cc(F)cc(-c2ccc3[nH]c4ncnc(NC5CCCCC5)c4c3c2)c1. The Balaban J connectivity index is 1.64. The quantitative estimate of drug-likeness (QED) is 0.486. The minimum absolute atomic E-state index is 0.307. The second-order valence-corrected chi connectivity index (χ2v) is 7.65. The van der Waals surface area contributed by atoms with Gasteiger partial charge in [0.2, 0.25) is 0 Å². The number of nitrogens with zero attached hydrogens (tertiary/aromatic N) is 3. The molecule has 2 heterocycles. The van der Waals surface area contributed by atoms with E-state index >= 15 is 0 Å². The van der Waals surface area contributed by atoms with E-state index in [1.165, 1.54) is 31.4 Å². The van der Waals surface area contributed by atoms with E-state index in [-0.39, 0.29) is 0 Å². The number of aromatic nitrogens is 3. The predicted octanol–water partition coefficient (Wildman–Crippen LogP) is 5.53. The fourth-order valence-electron chi connectivity index (χ4n) is 4.27. The number of anilines is 1. The summed E-state index contributed by atoms with van der Waals surface area (Å²) in [6.07, 6.45) is 7.66. The number of halogens is 1. The van der Waals surface area contributed by atoms with Crippen molar-refractivity contribution >= 4 is 27.8 Å². The molecule has 29 heavy (non-hydrogen) atoms. The molecule has 1 aliphatic carbocycles. The Bertz CT molecular complexity index is 1250. The topological polar surface area (TPSA) is 77.4 Å².